The van der Waals surface area contributed by atoms with Crippen molar-refractivity contribution in [3.63, 3.8) is 0 Å². The molecule has 3 rings (SSSR count). The minimum atomic E-state index is -3.61. The summed E-state index contributed by atoms with van der Waals surface area (Å²) in [5, 5.41) is 3.78. The molecule has 0 saturated carbocycles. The van der Waals surface area contributed by atoms with Gasteiger partial charge in [-0.15, -0.1) is 0 Å². The molecule has 1 aliphatic rings. The summed E-state index contributed by atoms with van der Waals surface area (Å²) in [6, 6.07) is 12.5. The Morgan fingerprint density at radius 1 is 1.20 bits per heavy atom. The van der Waals surface area contributed by atoms with Crippen LogP contribution in [0.4, 0.5) is 5.69 Å². The third-order valence-electron chi connectivity index (χ3n) is 5.34. The topological polar surface area (TPSA) is 66.5 Å². The van der Waals surface area contributed by atoms with Crippen LogP contribution in [0, 0.1) is 5.92 Å². The quantitative estimate of drug-likeness (QED) is 0.625. The monoisotopic (exact) mass is 468 g/mol. The number of amides is 1. The molecule has 0 aliphatic carbocycles. The number of carbonyl (C=O) groups excluding carboxylic acids is 1. The lowest BCUT2D eigenvalue weighted by atomic mass is 9.97. The fraction of sp³-hybridized carbons (Fsp3) is 0.409. The smallest absolute Gasteiger partial charge is 0.228 e. The highest BCUT2D eigenvalue weighted by atomic mass is 35.5. The molecule has 1 aliphatic heterocycles. The van der Waals surface area contributed by atoms with E-state index >= 15 is 0 Å². The number of halogens is 2. The van der Waals surface area contributed by atoms with Gasteiger partial charge in [-0.1, -0.05) is 61.3 Å². The number of nitrogens with one attached hydrogen (secondary N) is 1. The number of hydrogen-bond acceptors (Lipinski definition) is 3. The van der Waals surface area contributed by atoms with Gasteiger partial charge in [0.2, 0.25) is 15.9 Å². The zero-order valence-electron chi connectivity index (χ0n) is 17.1. The highest BCUT2D eigenvalue weighted by Gasteiger charge is 2.33. The number of benzene rings is 2. The van der Waals surface area contributed by atoms with Crippen molar-refractivity contribution in [2.45, 2.75) is 38.4 Å². The summed E-state index contributed by atoms with van der Waals surface area (Å²) in [4.78, 5) is 12.9. The summed E-state index contributed by atoms with van der Waals surface area (Å²) < 4.78 is 27.3. The summed E-state index contributed by atoms with van der Waals surface area (Å²) in [5.41, 5.74) is 2.34. The molecular weight excluding hydrogens is 443 g/mol. The molecule has 1 fully saturated rings. The first-order valence-corrected chi connectivity index (χ1v) is 12.4. The Kier molecular flexibility index (Phi) is 7.45. The Bertz CT molecular complexity index is 1020. The molecule has 162 valence electrons. The van der Waals surface area contributed by atoms with Crippen molar-refractivity contribution in [2.24, 2.45) is 5.92 Å². The summed E-state index contributed by atoms with van der Waals surface area (Å²) in [6.45, 7) is 4.72. The van der Waals surface area contributed by atoms with Crippen LogP contribution < -0.4 is 5.32 Å². The zero-order chi connectivity index (χ0) is 21.9. The fourth-order valence-electron chi connectivity index (χ4n) is 3.68. The molecule has 1 amide bonds. The van der Waals surface area contributed by atoms with Gasteiger partial charge in [-0.3, -0.25) is 4.79 Å². The Morgan fingerprint density at radius 3 is 2.63 bits per heavy atom. The van der Waals surface area contributed by atoms with E-state index in [2.05, 4.69) is 19.2 Å². The number of nitrogens with zero attached hydrogens (tertiary/aromatic N) is 1. The van der Waals surface area contributed by atoms with E-state index in [9.17, 15) is 13.2 Å². The van der Waals surface area contributed by atoms with E-state index in [0.717, 1.165) is 11.3 Å². The van der Waals surface area contributed by atoms with Gasteiger partial charge in [0.1, 0.15) is 0 Å². The number of carbonyl (C=O) groups is 1. The molecule has 8 heteroatoms. The Morgan fingerprint density at radius 2 is 1.93 bits per heavy atom. The number of anilines is 1. The fourth-order valence-corrected chi connectivity index (χ4v) is 5.88. The molecule has 0 aromatic heterocycles. The maximum absolute atomic E-state index is 13.0. The second-order valence-electron chi connectivity index (χ2n) is 7.92. The molecule has 1 saturated heterocycles. The average molecular weight is 469 g/mol. The van der Waals surface area contributed by atoms with E-state index in [4.69, 9.17) is 23.2 Å². The highest BCUT2D eigenvalue weighted by Crippen LogP contribution is 2.28. The first-order valence-electron chi connectivity index (χ1n) is 9.99. The predicted octanol–water partition coefficient (Wildman–Crippen LogP) is 5.30. The van der Waals surface area contributed by atoms with Crippen molar-refractivity contribution in [2.75, 3.05) is 18.4 Å². The van der Waals surface area contributed by atoms with Crippen molar-refractivity contribution in [1.29, 1.82) is 0 Å². The van der Waals surface area contributed by atoms with Gasteiger partial charge in [-0.2, -0.15) is 0 Å². The van der Waals surface area contributed by atoms with Crippen LogP contribution in [0.2, 0.25) is 10.0 Å². The summed E-state index contributed by atoms with van der Waals surface area (Å²) in [5.74, 6) is -0.483. The number of piperidine rings is 1. The van der Waals surface area contributed by atoms with E-state index in [-0.39, 0.29) is 24.1 Å². The van der Waals surface area contributed by atoms with Gasteiger partial charge < -0.3 is 5.32 Å². The van der Waals surface area contributed by atoms with Crippen LogP contribution in [-0.2, 0) is 20.6 Å². The van der Waals surface area contributed by atoms with Crippen molar-refractivity contribution in [3.05, 3.63) is 63.6 Å². The van der Waals surface area contributed by atoms with Gasteiger partial charge in [0.05, 0.1) is 11.7 Å². The van der Waals surface area contributed by atoms with E-state index in [1.807, 2.05) is 24.3 Å². The van der Waals surface area contributed by atoms with Gasteiger partial charge in [0.25, 0.3) is 0 Å². The number of para-hydroxylation sites is 1. The maximum Gasteiger partial charge on any atom is 0.228 e. The minimum absolute atomic E-state index is 0.146. The molecule has 0 bridgehead atoms. The average Bonchev–Trinajstić information content (AvgIpc) is 2.70. The second-order valence-corrected chi connectivity index (χ2v) is 10.7. The van der Waals surface area contributed by atoms with Crippen molar-refractivity contribution in [1.82, 2.24) is 4.31 Å². The third kappa shape index (κ3) is 5.55. The SMILES string of the molecule is CC(C)c1ccccc1NC(=O)[C@H]1CCCN(S(=O)(=O)Cc2ccc(Cl)cc2Cl)C1. The lowest BCUT2D eigenvalue weighted by molar-refractivity contribution is -0.120. The van der Waals surface area contributed by atoms with Crippen LogP contribution >= 0.6 is 23.2 Å². The van der Waals surface area contributed by atoms with Crippen LogP contribution in [0.25, 0.3) is 0 Å². The Hall–Kier alpha value is -1.60. The van der Waals surface area contributed by atoms with Gasteiger partial charge in [-0.25, -0.2) is 12.7 Å². The lowest BCUT2D eigenvalue weighted by Crippen LogP contribution is -2.44. The summed E-state index contributed by atoms with van der Waals surface area (Å²) >= 11 is 12.1. The third-order valence-corrected chi connectivity index (χ3v) is 7.72. The van der Waals surface area contributed by atoms with Gasteiger partial charge >= 0.3 is 0 Å². The molecule has 30 heavy (non-hydrogen) atoms. The zero-order valence-corrected chi connectivity index (χ0v) is 19.4. The standard InChI is InChI=1S/C22H26Cl2N2O3S/c1-15(2)19-7-3-4-8-21(19)25-22(27)16-6-5-11-26(13-16)30(28,29)14-17-9-10-18(23)12-20(17)24/h3-4,7-10,12,15-16H,5-6,11,13-14H2,1-2H3,(H,25,27)/t16-/m0/s1. The Balaban J connectivity index is 1.70. The van der Waals surface area contributed by atoms with Crippen LogP contribution in [0.15, 0.2) is 42.5 Å². The number of hydrogen-bond donors (Lipinski definition) is 1. The summed E-state index contributed by atoms with van der Waals surface area (Å²) in [6.07, 6.45) is 1.29. The van der Waals surface area contributed by atoms with Gasteiger partial charge in [0, 0.05) is 28.8 Å². The lowest BCUT2D eigenvalue weighted by Gasteiger charge is -2.31. The van der Waals surface area contributed by atoms with Crippen molar-refractivity contribution in [3.8, 4) is 0 Å². The van der Waals surface area contributed by atoms with Crippen LogP contribution in [0.1, 0.15) is 43.7 Å². The molecule has 1 atom stereocenters. The molecule has 0 radical (unpaired) electrons. The van der Waals surface area contributed by atoms with E-state index in [1.165, 1.54) is 10.4 Å². The first-order chi connectivity index (χ1) is 14.2. The predicted molar refractivity (Wildman–Crippen MR) is 123 cm³/mol. The number of sulfonamides is 1. The maximum atomic E-state index is 13.0. The molecule has 1 heterocycles. The molecule has 2 aromatic carbocycles. The van der Waals surface area contributed by atoms with Crippen molar-refractivity contribution >= 4 is 44.8 Å². The van der Waals surface area contributed by atoms with Crippen LogP contribution in [0.3, 0.4) is 0 Å². The Labute approximate surface area is 188 Å². The van der Waals surface area contributed by atoms with E-state index < -0.39 is 15.9 Å². The molecule has 1 N–H and O–H groups in total. The second kappa shape index (κ2) is 9.69. The minimum Gasteiger partial charge on any atom is -0.326 e. The molecular formula is C22H26Cl2N2O3S. The molecule has 2 aromatic rings. The van der Waals surface area contributed by atoms with Gasteiger partial charge in [-0.05, 0) is 48.1 Å². The van der Waals surface area contributed by atoms with E-state index in [0.29, 0.717) is 35.0 Å². The van der Waals surface area contributed by atoms with E-state index in [1.54, 1.807) is 12.1 Å². The largest absolute Gasteiger partial charge is 0.326 e. The van der Waals surface area contributed by atoms with Crippen LogP contribution in [-0.4, -0.2) is 31.7 Å². The highest BCUT2D eigenvalue weighted by molar-refractivity contribution is 7.88. The van der Waals surface area contributed by atoms with Crippen LogP contribution in [0.5, 0.6) is 0 Å². The molecule has 0 spiro atoms. The van der Waals surface area contributed by atoms with Gasteiger partial charge in [0.15, 0.2) is 0 Å². The number of rotatable bonds is 6. The normalized spacial score (nSPS) is 17.8. The first kappa shape index (κ1) is 23.1. The van der Waals surface area contributed by atoms with Crippen molar-refractivity contribution < 1.29 is 13.2 Å². The molecule has 0 unspecified atom stereocenters. The molecule has 5 nitrogen and oxygen atoms in total. The summed E-state index contributed by atoms with van der Waals surface area (Å²) in [7, 11) is -3.61.